The molecule has 4 N–H and O–H groups in total. The third-order valence-corrected chi connectivity index (χ3v) is 4.63. The molecule has 0 radical (unpaired) electrons. The number of aromatic hydroxyl groups is 1. The molecule has 0 unspecified atom stereocenters. The van der Waals surface area contributed by atoms with Crippen LogP contribution in [-0.2, 0) is 25.6 Å². The molecule has 12 heteroatoms. The Labute approximate surface area is 193 Å². The lowest BCUT2D eigenvalue weighted by molar-refractivity contribution is -0.142. The molecule has 1 aromatic carbocycles. The van der Waals surface area contributed by atoms with Crippen LogP contribution < -0.4 is 16.1 Å². The van der Waals surface area contributed by atoms with Crippen molar-refractivity contribution in [1.29, 1.82) is 0 Å². The van der Waals surface area contributed by atoms with Gasteiger partial charge in [-0.3, -0.25) is 24.2 Å². The predicted molar refractivity (Wildman–Crippen MR) is 118 cm³/mol. The van der Waals surface area contributed by atoms with Crippen LogP contribution in [0.1, 0.15) is 21.6 Å². The van der Waals surface area contributed by atoms with Crippen LogP contribution in [-0.4, -0.2) is 60.2 Å². The van der Waals surface area contributed by atoms with Gasteiger partial charge in [0, 0.05) is 25.2 Å². The van der Waals surface area contributed by atoms with Crippen molar-refractivity contribution in [1.82, 2.24) is 20.8 Å². The number of hydrogen-bond acceptors (Lipinski definition) is 8. The number of hydrogen-bond donors (Lipinski definition) is 4. The highest BCUT2D eigenvalue weighted by Crippen LogP contribution is 2.32. The first-order valence-corrected chi connectivity index (χ1v) is 10.0. The summed E-state index contributed by atoms with van der Waals surface area (Å²) in [6.07, 6.45) is 1.84. The van der Waals surface area contributed by atoms with Crippen molar-refractivity contribution in [2.45, 2.75) is 6.42 Å². The van der Waals surface area contributed by atoms with Gasteiger partial charge in [-0.25, -0.2) is 14.9 Å². The first kappa shape index (κ1) is 24.5. The Kier molecular flexibility index (Phi) is 8.01. The average molecular weight is 471 g/mol. The van der Waals surface area contributed by atoms with E-state index in [1.54, 1.807) is 18.2 Å². The lowest BCUT2D eigenvalue weighted by atomic mass is 10.0. The van der Waals surface area contributed by atoms with Gasteiger partial charge in [-0.05, 0) is 35.7 Å². The van der Waals surface area contributed by atoms with Crippen LogP contribution in [0.4, 0.5) is 10.2 Å². The fourth-order valence-corrected chi connectivity index (χ4v) is 3.06. The first-order valence-electron chi connectivity index (χ1n) is 10.0. The van der Waals surface area contributed by atoms with Gasteiger partial charge in [0.15, 0.2) is 11.4 Å². The SMILES string of the molecule is COCCNC(=O)c1nc(NC(=O)C(=O)NOC)c2cc(Cc3ccc(F)cc3)cnc2c1O. The molecular formula is C22H22FN5O6. The van der Waals surface area contributed by atoms with Crippen LogP contribution >= 0.6 is 0 Å². The van der Waals surface area contributed by atoms with E-state index in [0.29, 0.717) is 12.0 Å². The van der Waals surface area contributed by atoms with Gasteiger partial charge in [-0.1, -0.05) is 12.1 Å². The summed E-state index contributed by atoms with van der Waals surface area (Å²) in [4.78, 5) is 49.4. The highest BCUT2D eigenvalue weighted by molar-refractivity contribution is 6.39. The highest BCUT2D eigenvalue weighted by Gasteiger charge is 2.23. The number of ether oxygens (including phenoxy) is 1. The monoisotopic (exact) mass is 471 g/mol. The number of fused-ring (bicyclic) bond motifs is 1. The number of nitrogens with zero attached hydrogens (tertiary/aromatic N) is 2. The van der Waals surface area contributed by atoms with Gasteiger partial charge >= 0.3 is 11.8 Å². The summed E-state index contributed by atoms with van der Waals surface area (Å²) in [7, 11) is 2.62. The molecule has 2 heterocycles. The maximum atomic E-state index is 13.2. The number of carbonyl (C=O) groups excluding carboxylic acids is 3. The van der Waals surface area contributed by atoms with Crippen LogP contribution in [0, 0.1) is 5.82 Å². The molecular weight excluding hydrogens is 449 g/mol. The molecule has 3 amide bonds. The molecule has 0 aliphatic rings. The normalized spacial score (nSPS) is 10.7. The van der Waals surface area contributed by atoms with Crippen molar-refractivity contribution in [3.63, 3.8) is 0 Å². The maximum absolute atomic E-state index is 13.2. The van der Waals surface area contributed by atoms with Crippen LogP contribution in [0.3, 0.4) is 0 Å². The molecule has 0 saturated carbocycles. The van der Waals surface area contributed by atoms with Crippen LogP contribution in [0.15, 0.2) is 36.5 Å². The minimum absolute atomic E-state index is 0.0165. The number of benzene rings is 1. The number of methoxy groups -OCH3 is 1. The van der Waals surface area contributed by atoms with E-state index in [1.165, 1.54) is 25.4 Å². The lowest BCUT2D eigenvalue weighted by Gasteiger charge is -2.13. The Balaban J connectivity index is 2.04. The van der Waals surface area contributed by atoms with Crippen molar-refractivity contribution in [3.05, 3.63) is 59.2 Å². The number of anilines is 1. The van der Waals surface area contributed by atoms with Gasteiger partial charge in [-0.15, -0.1) is 0 Å². The van der Waals surface area contributed by atoms with E-state index >= 15 is 0 Å². The fourth-order valence-electron chi connectivity index (χ4n) is 3.06. The van der Waals surface area contributed by atoms with E-state index in [-0.39, 0.29) is 35.7 Å². The number of halogens is 1. The first-order chi connectivity index (χ1) is 16.3. The van der Waals surface area contributed by atoms with Gasteiger partial charge in [0.1, 0.15) is 17.2 Å². The second kappa shape index (κ2) is 11.1. The van der Waals surface area contributed by atoms with Crippen molar-refractivity contribution >= 4 is 34.4 Å². The predicted octanol–water partition coefficient (Wildman–Crippen LogP) is 1.06. The molecule has 0 aliphatic carbocycles. The number of hydroxylamine groups is 1. The topological polar surface area (TPSA) is 152 Å². The Hall–Kier alpha value is -4.16. The van der Waals surface area contributed by atoms with Gasteiger partial charge in [0.2, 0.25) is 0 Å². The third-order valence-electron chi connectivity index (χ3n) is 4.63. The Morgan fingerprint density at radius 1 is 1.09 bits per heavy atom. The second-order valence-corrected chi connectivity index (χ2v) is 7.04. The zero-order valence-electron chi connectivity index (χ0n) is 18.3. The number of rotatable bonds is 8. The van der Waals surface area contributed by atoms with E-state index < -0.39 is 29.2 Å². The minimum Gasteiger partial charge on any atom is -0.504 e. The fraction of sp³-hybridized carbons (Fsp3) is 0.227. The molecule has 0 atom stereocenters. The molecule has 34 heavy (non-hydrogen) atoms. The number of nitrogens with one attached hydrogen (secondary N) is 3. The molecule has 178 valence electrons. The van der Waals surface area contributed by atoms with E-state index in [4.69, 9.17) is 4.74 Å². The summed E-state index contributed by atoms with van der Waals surface area (Å²) >= 11 is 0. The van der Waals surface area contributed by atoms with E-state index in [9.17, 15) is 23.9 Å². The zero-order chi connectivity index (χ0) is 24.7. The molecule has 2 aromatic heterocycles. The number of aromatic nitrogens is 2. The molecule has 0 spiro atoms. The van der Waals surface area contributed by atoms with E-state index in [2.05, 4.69) is 25.4 Å². The van der Waals surface area contributed by atoms with Crippen LogP contribution in [0.5, 0.6) is 5.75 Å². The Morgan fingerprint density at radius 3 is 2.50 bits per heavy atom. The summed E-state index contributed by atoms with van der Waals surface area (Å²) in [5.41, 5.74) is 2.90. The average Bonchev–Trinajstić information content (AvgIpc) is 2.82. The second-order valence-electron chi connectivity index (χ2n) is 7.04. The Morgan fingerprint density at radius 2 is 1.82 bits per heavy atom. The van der Waals surface area contributed by atoms with Crippen molar-refractivity contribution in [3.8, 4) is 5.75 Å². The lowest BCUT2D eigenvalue weighted by Crippen LogP contribution is -2.35. The summed E-state index contributed by atoms with van der Waals surface area (Å²) in [6.45, 7) is 0.377. The largest absolute Gasteiger partial charge is 0.504 e. The molecule has 0 bridgehead atoms. The smallest absolute Gasteiger partial charge is 0.333 e. The minimum atomic E-state index is -1.11. The molecule has 3 rings (SSSR count). The third kappa shape index (κ3) is 5.79. The van der Waals surface area contributed by atoms with Crippen molar-refractivity contribution in [2.75, 3.05) is 32.7 Å². The van der Waals surface area contributed by atoms with Crippen molar-refractivity contribution < 1.29 is 33.5 Å². The molecule has 0 saturated heterocycles. The highest BCUT2D eigenvalue weighted by atomic mass is 19.1. The van der Waals surface area contributed by atoms with E-state index in [0.717, 1.165) is 12.7 Å². The van der Waals surface area contributed by atoms with Crippen molar-refractivity contribution in [2.24, 2.45) is 0 Å². The number of amides is 3. The summed E-state index contributed by atoms with van der Waals surface area (Å²) < 4.78 is 18.1. The molecule has 11 nitrogen and oxygen atoms in total. The van der Waals surface area contributed by atoms with Crippen LogP contribution in [0.25, 0.3) is 10.9 Å². The van der Waals surface area contributed by atoms with Crippen LogP contribution in [0.2, 0.25) is 0 Å². The zero-order valence-corrected chi connectivity index (χ0v) is 18.3. The van der Waals surface area contributed by atoms with E-state index in [1.807, 2.05) is 5.48 Å². The quantitative estimate of drug-likeness (QED) is 0.216. The van der Waals surface area contributed by atoms with Gasteiger partial charge < -0.3 is 20.5 Å². The summed E-state index contributed by atoms with van der Waals surface area (Å²) in [6, 6.07) is 7.47. The molecule has 0 aliphatic heterocycles. The number of pyridine rings is 2. The summed E-state index contributed by atoms with van der Waals surface area (Å²) in [5.74, 6) is -3.99. The number of carbonyl (C=O) groups is 3. The maximum Gasteiger partial charge on any atom is 0.333 e. The Bertz CT molecular complexity index is 1220. The van der Waals surface area contributed by atoms with Gasteiger partial charge in [0.25, 0.3) is 5.91 Å². The molecule has 0 fully saturated rings. The summed E-state index contributed by atoms with van der Waals surface area (Å²) in [5, 5.41) is 15.7. The van der Waals surface area contributed by atoms with Gasteiger partial charge in [0.05, 0.1) is 13.7 Å². The van der Waals surface area contributed by atoms with Gasteiger partial charge in [-0.2, -0.15) is 0 Å². The standard InChI is InChI=1S/C22H22FN5O6/c1-33-8-7-24-20(30)17-18(29)16-15(19(26-17)27-21(31)22(32)28-34-2)10-13(11-25-16)9-12-3-5-14(23)6-4-12/h3-6,10-11,29H,7-9H2,1-2H3,(H,24,30)(H,28,32)(H,26,27,31). The molecule has 3 aromatic rings.